The molecule has 0 bridgehead atoms. The Bertz CT molecular complexity index is 674. The van der Waals surface area contributed by atoms with Gasteiger partial charge in [-0.2, -0.15) is 0 Å². The maximum Gasteiger partial charge on any atom is 0.338 e. The first kappa shape index (κ1) is 25.4. The van der Waals surface area contributed by atoms with E-state index in [4.69, 9.17) is 4.74 Å². The van der Waals surface area contributed by atoms with Crippen molar-refractivity contribution >= 4 is 11.9 Å². The summed E-state index contributed by atoms with van der Waals surface area (Å²) in [5, 5.41) is 0. The minimum absolute atomic E-state index is 0.123. The van der Waals surface area contributed by atoms with Crippen LogP contribution in [-0.4, -0.2) is 25.2 Å². The van der Waals surface area contributed by atoms with Gasteiger partial charge < -0.3 is 9.47 Å². The van der Waals surface area contributed by atoms with Crippen molar-refractivity contribution in [3.05, 3.63) is 72.4 Å². The lowest BCUT2D eigenvalue weighted by atomic mass is 10.1. The zero-order valence-electron chi connectivity index (χ0n) is 18.4. The Morgan fingerprint density at radius 3 is 2.40 bits per heavy atom. The predicted molar refractivity (Wildman–Crippen MR) is 122 cm³/mol. The van der Waals surface area contributed by atoms with E-state index in [0.717, 1.165) is 44.9 Å². The Morgan fingerprint density at radius 1 is 0.933 bits per heavy atom. The first-order valence-corrected chi connectivity index (χ1v) is 11.0. The van der Waals surface area contributed by atoms with Crippen molar-refractivity contribution in [2.45, 2.75) is 70.8 Å². The van der Waals surface area contributed by atoms with Gasteiger partial charge in [0.05, 0.1) is 12.7 Å². The largest absolute Gasteiger partial charge is 0.469 e. The number of esters is 2. The van der Waals surface area contributed by atoms with Crippen LogP contribution in [0.1, 0.15) is 75.1 Å². The van der Waals surface area contributed by atoms with E-state index in [2.05, 4.69) is 29.9 Å². The van der Waals surface area contributed by atoms with Gasteiger partial charge in [0.25, 0.3) is 0 Å². The summed E-state index contributed by atoms with van der Waals surface area (Å²) in [6.45, 7) is 2.08. The SMILES string of the molecule is CC/C=C\CC(/C=C/C=C\CCCCCCCC(=O)OC)OC(=O)c1ccccc1. The van der Waals surface area contributed by atoms with E-state index in [-0.39, 0.29) is 18.0 Å². The molecule has 0 aromatic heterocycles. The van der Waals surface area contributed by atoms with Gasteiger partial charge in [0.15, 0.2) is 0 Å². The number of carbonyl (C=O) groups is 2. The lowest BCUT2D eigenvalue weighted by Gasteiger charge is -2.12. The smallest absolute Gasteiger partial charge is 0.338 e. The molecule has 1 rings (SSSR count). The normalized spacial score (nSPS) is 12.6. The summed E-state index contributed by atoms with van der Waals surface area (Å²) in [7, 11) is 1.43. The molecule has 4 heteroatoms. The van der Waals surface area contributed by atoms with Crippen LogP contribution >= 0.6 is 0 Å². The molecule has 1 aromatic rings. The van der Waals surface area contributed by atoms with E-state index in [1.807, 2.05) is 36.4 Å². The Morgan fingerprint density at radius 2 is 1.67 bits per heavy atom. The number of benzene rings is 1. The average molecular weight is 413 g/mol. The number of rotatable bonds is 15. The van der Waals surface area contributed by atoms with Gasteiger partial charge in [-0.05, 0) is 43.9 Å². The number of allylic oxidation sites excluding steroid dienone is 4. The second-order valence-electron chi connectivity index (χ2n) is 7.12. The maximum atomic E-state index is 12.3. The van der Waals surface area contributed by atoms with E-state index < -0.39 is 0 Å². The quantitative estimate of drug-likeness (QED) is 0.141. The zero-order valence-corrected chi connectivity index (χ0v) is 18.4. The molecule has 0 spiro atoms. The summed E-state index contributed by atoms with van der Waals surface area (Å²) in [4.78, 5) is 23.3. The monoisotopic (exact) mass is 412 g/mol. The molecule has 0 N–H and O–H groups in total. The molecule has 0 aliphatic rings. The molecule has 4 nitrogen and oxygen atoms in total. The molecule has 0 aliphatic carbocycles. The summed E-state index contributed by atoms with van der Waals surface area (Å²) >= 11 is 0. The minimum Gasteiger partial charge on any atom is -0.469 e. The van der Waals surface area contributed by atoms with Crippen molar-refractivity contribution in [1.82, 2.24) is 0 Å². The Labute approximate surface area is 181 Å². The van der Waals surface area contributed by atoms with E-state index in [9.17, 15) is 9.59 Å². The zero-order chi connectivity index (χ0) is 21.9. The number of unbranched alkanes of at least 4 members (excludes halogenated alkanes) is 5. The van der Waals surface area contributed by atoms with Gasteiger partial charge in [0, 0.05) is 12.8 Å². The van der Waals surface area contributed by atoms with Crippen LogP contribution in [0.5, 0.6) is 0 Å². The fourth-order valence-corrected chi connectivity index (χ4v) is 2.87. The first-order valence-electron chi connectivity index (χ1n) is 11.0. The summed E-state index contributed by atoms with van der Waals surface area (Å²) < 4.78 is 10.3. The van der Waals surface area contributed by atoms with Gasteiger partial charge in [-0.15, -0.1) is 0 Å². The number of methoxy groups -OCH3 is 1. The number of carbonyl (C=O) groups excluding carboxylic acids is 2. The highest BCUT2D eigenvalue weighted by atomic mass is 16.5. The third-order valence-corrected chi connectivity index (χ3v) is 4.59. The van der Waals surface area contributed by atoms with Gasteiger partial charge in [-0.3, -0.25) is 4.79 Å². The molecule has 164 valence electrons. The van der Waals surface area contributed by atoms with Crippen LogP contribution in [0, 0.1) is 0 Å². The van der Waals surface area contributed by atoms with Crippen LogP contribution in [0.4, 0.5) is 0 Å². The molecule has 0 amide bonds. The Balaban J connectivity index is 2.32. The molecule has 1 atom stereocenters. The van der Waals surface area contributed by atoms with Gasteiger partial charge in [-0.25, -0.2) is 4.79 Å². The highest BCUT2D eigenvalue weighted by Crippen LogP contribution is 2.10. The van der Waals surface area contributed by atoms with Crippen molar-refractivity contribution in [2.75, 3.05) is 7.11 Å². The molecule has 0 saturated heterocycles. The third-order valence-electron chi connectivity index (χ3n) is 4.59. The number of hydrogen-bond acceptors (Lipinski definition) is 4. The van der Waals surface area contributed by atoms with Crippen molar-refractivity contribution in [1.29, 1.82) is 0 Å². The third kappa shape index (κ3) is 12.8. The highest BCUT2D eigenvalue weighted by molar-refractivity contribution is 5.89. The molecular formula is C26H36O4. The van der Waals surface area contributed by atoms with Crippen LogP contribution in [0.3, 0.4) is 0 Å². The number of ether oxygens (including phenoxy) is 2. The van der Waals surface area contributed by atoms with Crippen molar-refractivity contribution in [3.63, 3.8) is 0 Å². The maximum absolute atomic E-state index is 12.3. The fourth-order valence-electron chi connectivity index (χ4n) is 2.87. The van der Waals surface area contributed by atoms with Crippen molar-refractivity contribution < 1.29 is 19.1 Å². The Kier molecular flexibility index (Phi) is 14.6. The predicted octanol–water partition coefficient (Wildman–Crippen LogP) is 6.58. The summed E-state index contributed by atoms with van der Waals surface area (Å²) in [5.74, 6) is -0.422. The molecule has 0 radical (unpaired) electrons. The minimum atomic E-state index is -0.300. The van der Waals surface area contributed by atoms with E-state index in [1.54, 1.807) is 12.1 Å². The lowest BCUT2D eigenvalue weighted by Crippen LogP contribution is -2.15. The van der Waals surface area contributed by atoms with Crippen LogP contribution in [0.25, 0.3) is 0 Å². The average Bonchev–Trinajstić information content (AvgIpc) is 2.77. The summed E-state index contributed by atoms with van der Waals surface area (Å²) in [6, 6.07) is 9.08. The van der Waals surface area contributed by atoms with E-state index >= 15 is 0 Å². The van der Waals surface area contributed by atoms with Gasteiger partial charge >= 0.3 is 11.9 Å². The first-order chi connectivity index (χ1) is 14.7. The topological polar surface area (TPSA) is 52.6 Å². The van der Waals surface area contributed by atoms with Crippen molar-refractivity contribution in [2.24, 2.45) is 0 Å². The number of hydrogen-bond donors (Lipinski definition) is 0. The molecule has 1 aromatic carbocycles. The molecule has 30 heavy (non-hydrogen) atoms. The molecule has 0 saturated carbocycles. The van der Waals surface area contributed by atoms with E-state index in [1.165, 1.54) is 7.11 Å². The Hall–Kier alpha value is -2.62. The molecule has 0 heterocycles. The van der Waals surface area contributed by atoms with Crippen molar-refractivity contribution in [3.8, 4) is 0 Å². The van der Waals surface area contributed by atoms with Gasteiger partial charge in [0.1, 0.15) is 6.10 Å². The second-order valence-corrected chi connectivity index (χ2v) is 7.12. The summed E-state index contributed by atoms with van der Waals surface area (Å²) in [6.07, 6.45) is 20.5. The highest BCUT2D eigenvalue weighted by Gasteiger charge is 2.11. The van der Waals surface area contributed by atoms with Crippen LogP contribution in [0.15, 0.2) is 66.8 Å². The fraction of sp³-hybridized carbons (Fsp3) is 0.462. The molecule has 0 aliphatic heterocycles. The van der Waals surface area contributed by atoms with Gasteiger partial charge in [-0.1, -0.05) is 74.8 Å². The summed E-state index contributed by atoms with van der Waals surface area (Å²) in [5.41, 5.74) is 0.567. The van der Waals surface area contributed by atoms with Gasteiger partial charge in [0.2, 0.25) is 0 Å². The lowest BCUT2D eigenvalue weighted by molar-refractivity contribution is -0.140. The second kappa shape index (κ2) is 17.3. The standard InChI is InChI=1S/C26H36O4/c1-3-4-13-20-24(30-26(28)23-18-14-12-15-19-23)21-16-10-8-6-5-7-9-11-17-22-25(27)29-2/h4,8,10,12-16,18-19,21,24H,3,5-7,9,11,17,20,22H2,1-2H3/b10-8-,13-4-,21-16+. The molecular weight excluding hydrogens is 376 g/mol. The molecule has 0 fully saturated rings. The molecule has 1 unspecified atom stereocenters. The van der Waals surface area contributed by atoms with Crippen LogP contribution in [0.2, 0.25) is 0 Å². The van der Waals surface area contributed by atoms with E-state index in [0.29, 0.717) is 18.4 Å². The van der Waals surface area contributed by atoms with Crippen LogP contribution in [-0.2, 0) is 14.3 Å². The van der Waals surface area contributed by atoms with Crippen LogP contribution < -0.4 is 0 Å².